The molecule has 0 amide bonds. The Bertz CT molecular complexity index is 782. The molecule has 0 aromatic carbocycles. The predicted molar refractivity (Wildman–Crippen MR) is 69.2 cm³/mol. The first-order valence-corrected chi connectivity index (χ1v) is 5.82. The molecule has 0 atom stereocenters. The lowest BCUT2D eigenvalue weighted by Gasteiger charge is -2.00. The lowest BCUT2D eigenvalue weighted by molar-refractivity contribution is 0.427. The van der Waals surface area contributed by atoms with Crippen LogP contribution in [0.2, 0.25) is 0 Å². The Kier molecular flexibility index (Phi) is 2.56. The largest absolute Gasteiger partial charge is 0.356 e. The first kappa shape index (κ1) is 11.5. The van der Waals surface area contributed by atoms with Crippen LogP contribution in [0.5, 0.6) is 0 Å². The first-order chi connectivity index (χ1) is 9.15. The van der Waals surface area contributed by atoms with Crippen LogP contribution in [0, 0.1) is 13.8 Å². The van der Waals surface area contributed by atoms with E-state index in [0.29, 0.717) is 17.1 Å². The van der Waals surface area contributed by atoms with Gasteiger partial charge in [-0.1, -0.05) is 5.16 Å². The van der Waals surface area contributed by atoms with Crippen molar-refractivity contribution in [3.63, 3.8) is 0 Å². The van der Waals surface area contributed by atoms with Gasteiger partial charge in [-0.2, -0.15) is 0 Å². The SMILES string of the molecule is Cc1ccnc(-n2[nH]cc(-c3cc(C)no3)c2=O)c1. The highest BCUT2D eigenvalue weighted by Crippen LogP contribution is 2.16. The zero-order valence-corrected chi connectivity index (χ0v) is 10.5. The molecule has 3 heterocycles. The van der Waals surface area contributed by atoms with E-state index < -0.39 is 0 Å². The van der Waals surface area contributed by atoms with Crippen molar-refractivity contribution >= 4 is 0 Å². The van der Waals surface area contributed by atoms with Crippen molar-refractivity contribution in [2.24, 2.45) is 0 Å². The van der Waals surface area contributed by atoms with E-state index in [1.54, 1.807) is 25.4 Å². The molecule has 0 radical (unpaired) electrons. The molecular formula is C13H12N4O2. The van der Waals surface area contributed by atoms with E-state index in [1.807, 2.05) is 19.1 Å². The maximum Gasteiger partial charge on any atom is 0.283 e. The molecule has 96 valence electrons. The van der Waals surface area contributed by atoms with Crippen LogP contribution in [0.25, 0.3) is 17.1 Å². The van der Waals surface area contributed by atoms with E-state index in [-0.39, 0.29) is 5.56 Å². The minimum Gasteiger partial charge on any atom is -0.356 e. The molecule has 19 heavy (non-hydrogen) atoms. The van der Waals surface area contributed by atoms with Gasteiger partial charge in [0.15, 0.2) is 11.6 Å². The molecule has 0 spiro atoms. The van der Waals surface area contributed by atoms with Gasteiger partial charge in [0.05, 0.1) is 5.69 Å². The number of aromatic amines is 1. The Morgan fingerprint density at radius 1 is 1.32 bits per heavy atom. The minimum absolute atomic E-state index is 0.214. The first-order valence-electron chi connectivity index (χ1n) is 5.82. The summed E-state index contributed by atoms with van der Waals surface area (Å²) in [5.41, 5.74) is 1.98. The van der Waals surface area contributed by atoms with E-state index >= 15 is 0 Å². The van der Waals surface area contributed by atoms with E-state index in [9.17, 15) is 4.79 Å². The Morgan fingerprint density at radius 3 is 2.84 bits per heavy atom. The summed E-state index contributed by atoms with van der Waals surface area (Å²) in [5, 5.41) is 6.66. The molecule has 0 aliphatic rings. The van der Waals surface area contributed by atoms with Crippen molar-refractivity contribution in [1.82, 2.24) is 19.9 Å². The van der Waals surface area contributed by atoms with E-state index in [4.69, 9.17) is 4.52 Å². The van der Waals surface area contributed by atoms with Gasteiger partial charge < -0.3 is 4.52 Å². The fourth-order valence-electron chi connectivity index (χ4n) is 1.85. The summed E-state index contributed by atoms with van der Waals surface area (Å²) in [7, 11) is 0. The van der Waals surface area contributed by atoms with Crippen LogP contribution in [0.3, 0.4) is 0 Å². The van der Waals surface area contributed by atoms with Crippen LogP contribution in [-0.4, -0.2) is 19.9 Å². The Morgan fingerprint density at radius 2 is 2.16 bits per heavy atom. The van der Waals surface area contributed by atoms with Crippen molar-refractivity contribution in [3.8, 4) is 17.1 Å². The van der Waals surface area contributed by atoms with E-state index in [0.717, 1.165) is 11.3 Å². The summed E-state index contributed by atoms with van der Waals surface area (Å²) in [6.45, 7) is 3.75. The Labute approximate surface area is 108 Å². The molecule has 0 unspecified atom stereocenters. The lowest BCUT2D eigenvalue weighted by atomic mass is 10.2. The molecule has 0 saturated heterocycles. The summed E-state index contributed by atoms with van der Waals surface area (Å²) in [4.78, 5) is 16.5. The fraction of sp³-hybridized carbons (Fsp3) is 0.154. The maximum absolute atomic E-state index is 12.3. The highest BCUT2D eigenvalue weighted by molar-refractivity contribution is 5.55. The van der Waals surface area contributed by atoms with Gasteiger partial charge in [0, 0.05) is 18.5 Å². The van der Waals surface area contributed by atoms with Crippen molar-refractivity contribution in [1.29, 1.82) is 0 Å². The number of aryl methyl sites for hydroxylation is 2. The third-order valence-corrected chi connectivity index (χ3v) is 2.80. The minimum atomic E-state index is -0.214. The number of aromatic nitrogens is 4. The van der Waals surface area contributed by atoms with Gasteiger partial charge in [0.1, 0.15) is 5.56 Å². The smallest absolute Gasteiger partial charge is 0.283 e. The number of hydrogen-bond donors (Lipinski definition) is 1. The molecule has 0 aliphatic heterocycles. The molecule has 6 heteroatoms. The van der Waals surface area contributed by atoms with Crippen molar-refractivity contribution in [2.45, 2.75) is 13.8 Å². The molecule has 1 N–H and O–H groups in total. The summed E-state index contributed by atoms with van der Waals surface area (Å²) in [6, 6.07) is 5.42. The standard InChI is InChI=1S/C13H12N4O2/c1-8-3-4-14-12(5-8)17-13(18)10(7-15-17)11-6-9(2)16-19-11/h3-7,15H,1-2H3. The predicted octanol–water partition coefficient (Wildman–Crippen LogP) is 1.83. The van der Waals surface area contributed by atoms with Crippen molar-refractivity contribution < 1.29 is 4.52 Å². The van der Waals surface area contributed by atoms with Gasteiger partial charge in [0.25, 0.3) is 5.56 Å². The van der Waals surface area contributed by atoms with Crippen LogP contribution >= 0.6 is 0 Å². The van der Waals surface area contributed by atoms with Crippen molar-refractivity contribution in [2.75, 3.05) is 0 Å². The lowest BCUT2D eigenvalue weighted by Crippen LogP contribution is -2.16. The summed E-state index contributed by atoms with van der Waals surface area (Å²) < 4.78 is 6.48. The van der Waals surface area contributed by atoms with Crippen molar-refractivity contribution in [3.05, 3.63) is 52.2 Å². The van der Waals surface area contributed by atoms with Crippen LogP contribution in [-0.2, 0) is 0 Å². The van der Waals surface area contributed by atoms with Crippen LogP contribution < -0.4 is 5.56 Å². The molecule has 0 bridgehead atoms. The third kappa shape index (κ3) is 1.97. The number of H-pyrrole nitrogens is 1. The van der Waals surface area contributed by atoms with Gasteiger partial charge in [-0.25, -0.2) is 9.67 Å². The summed E-state index contributed by atoms with van der Waals surface area (Å²) in [6.07, 6.45) is 3.25. The summed E-state index contributed by atoms with van der Waals surface area (Å²) >= 11 is 0. The molecule has 0 aliphatic carbocycles. The number of rotatable bonds is 2. The molecule has 6 nitrogen and oxygen atoms in total. The zero-order chi connectivity index (χ0) is 13.4. The highest BCUT2D eigenvalue weighted by Gasteiger charge is 2.14. The summed E-state index contributed by atoms with van der Waals surface area (Å²) in [5.74, 6) is 0.998. The molecule has 3 aromatic heterocycles. The number of pyridine rings is 1. The zero-order valence-electron chi connectivity index (χ0n) is 10.5. The van der Waals surface area contributed by atoms with Gasteiger partial charge in [-0.15, -0.1) is 0 Å². The van der Waals surface area contributed by atoms with Gasteiger partial charge in [0.2, 0.25) is 0 Å². The average Bonchev–Trinajstić information content (AvgIpc) is 2.95. The average molecular weight is 256 g/mol. The quantitative estimate of drug-likeness (QED) is 0.758. The van der Waals surface area contributed by atoms with Crippen LogP contribution in [0.1, 0.15) is 11.3 Å². The number of nitrogens with one attached hydrogen (secondary N) is 1. The second-order valence-corrected chi connectivity index (χ2v) is 4.35. The highest BCUT2D eigenvalue weighted by atomic mass is 16.5. The topological polar surface area (TPSA) is 76.7 Å². The monoisotopic (exact) mass is 256 g/mol. The van der Waals surface area contributed by atoms with Crippen LogP contribution in [0.15, 0.2) is 39.9 Å². The Hall–Kier alpha value is -2.63. The third-order valence-electron chi connectivity index (χ3n) is 2.80. The normalized spacial score (nSPS) is 10.8. The van der Waals surface area contributed by atoms with E-state index in [2.05, 4.69) is 15.2 Å². The number of hydrogen-bond acceptors (Lipinski definition) is 4. The fourth-order valence-corrected chi connectivity index (χ4v) is 1.85. The van der Waals surface area contributed by atoms with Gasteiger partial charge in [-0.05, 0) is 31.5 Å². The molecular weight excluding hydrogens is 244 g/mol. The molecule has 0 fully saturated rings. The Balaban J connectivity index is 2.11. The molecule has 3 rings (SSSR count). The van der Waals surface area contributed by atoms with E-state index in [1.165, 1.54) is 4.68 Å². The second-order valence-electron chi connectivity index (χ2n) is 4.35. The number of nitrogens with zero attached hydrogens (tertiary/aromatic N) is 3. The van der Waals surface area contributed by atoms with Gasteiger partial charge >= 0.3 is 0 Å². The van der Waals surface area contributed by atoms with Crippen LogP contribution in [0.4, 0.5) is 0 Å². The second kappa shape index (κ2) is 4.24. The van der Waals surface area contributed by atoms with Gasteiger partial charge in [-0.3, -0.25) is 9.89 Å². The maximum atomic E-state index is 12.3. The molecule has 3 aromatic rings. The molecule has 0 saturated carbocycles.